The average molecular weight is 198 g/mol. The Hall–Kier alpha value is -1.38. The fourth-order valence-electron chi connectivity index (χ4n) is 1.30. The van der Waals surface area contributed by atoms with Crippen molar-refractivity contribution in [3.63, 3.8) is 0 Å². The summed E-state index contributed by atoms with van der Waals surface area (Å²) in [5.74, 6) is 1.08. The molecule has 14 heavy (non-hydrogen) atoms. The number of benzene rings is 1. The third-order valence-electron chi connectivity index (χ3n) is 1.82. The lowest BCUT2D eigenvalue weighted by molar-refractivity contribution is 0.288. The Morgan fingerprint density at radius 2 is 1.93 bits per heavy atom. The smallest absolute Gasteiger partial charge is 0.263 e. The summed E-state index contributed by atoms with van der Waals surface area (Å²) in [7, 11) is 0. The molecule has 1 aliphatic heterocycles. The van der Waals surface area contributed by atoms with Crippen LogP contribution in [0, 0.1) is 0 Å². The average Bonchev–Trinajstić information content (AvgIpc) is 2.17. The van der Waals surface area contributed by atoms with Crippen LogP contribution in [0.1, 0.15) is 12.0 Å². The lowest BCUT2D eigenvalue weighted by Gasteiger charge is -2.15. The van der Waals surface area contributed by atoms with Gasteiger partial charge in [-0.2, -0.15) is 8.78 Å². The van der Waals surface area contributed by atoms with Gasteiger partial charge < -0.3 is 4.74 Å². The Morgan fingerprint density at radius 3 is 2.57 bits per heavy atom. The molecule has 0 N–H and O–H groups in total. The van der Waals surface area contributed by atoms with Gasteiger partial charge in [-0.1, -0.05) is 18.2 Å². The quantitative estimate of drug-likeness (QED) is 0.620. The Balaban J connectivity index is 0.000000213. The van der Waals surface area contributed by atoms with E-state index in [1.165, 1.54) is 12.0 Å². The number of aryl methyl sites for hydroxylation is 1. The number of para-hydroxylation sites is 1. The molecule has 0 radical (unpaired) electrons. The van der Waals surface area contributed by atoms with Crippen molar-refractivity contribution >= 4 is 0 Å². The maximum absolute atomic E-state index is 10.1. The largest absolute Gasteiger partial charge is 0.493 e. The van der Waals surface area contributed by atoms with Crippen molar-refractivity contribution in [2.24, 2.45) is 0 Å². The lowest BCUT2D eigenvalue weighted by Crippen LogP contribution is -2.07. The molecule has 1 nitrogen and oxygen atoms in total. The molecule has 0 bridgehead atoms. The van der Waals surface area contributed by atoms with Crippen LogP contribution in [0.2, 0.25) is 0 Å². The van der Waals surface area contributed by atoms with E-state index in [2.05, 4.69) is 18.7 Å². The van der Waals surface area contributed by atoms with Crippen LogP contribution in [0.15, 0.2) is 36.9 Å². The zero-order valence-corrected chi connectivity index (χ0v) is 7.80. The number of halogens is 2. The van der Waals surface area contributed by atoms with Gasteiger partial charge in [0.1, 0.15) is 5.75 Å². The summed E-state index contributed by atoms with van der Waals surface area (Å²) in [5.41, 5.74) is 1.36. The molecule has 0 aromatic heterocycles. The first-order chi connectivity index (χ1) is 6.70. The first-order valence-corrected chi connectivity index (χ1v) is 4.41. The highest BCUT2D eigenvalue weighted by Crippen LogP contribution is 2.22. The minimum atomic E-state index is -1.83. The van der Waals surface area contributed by atoms with E-state index in [4.69, 9.17) is 4.74 Å². The Bertz CT molecular complexity index is 281. The summed E-state index contributed by atoms with van der Waals surface area (Å²) in [6, 6.07) is 8.25. The van der Waals surface area contributed by atoms with Crippen molar-refractivity contribution in [2.75, 3.05) is 6.61 Å². The van der Waals surface area contributed by atoms with Crippen LogP contribution in [0.3, 0.4) is 0 Å². The maximum Gasteiger partial charge on any atom is 0.263 e. The van der Waals surface area contributed by atoms with Crippen molar-refractivity contribution in [1.29, 1.82) is 0 Å². The Labute approximate surface area is 82.0 Å². The summed E-state index contributed by atoms with van der Waals surface area (Å²) in [5, 5.41) is 0. The monoisotopic (exact) mass is 198 g/mol. The highest BCUT2D eigenvalue weighted by Gasteiger charge is 2.06. The molecular formula is C11H12F2O. The second-order valence-corrected chi connectivity index (χ2v) is 2.90. The van der Waals surface area contributed by atoms with Gasteiger partial charge in [0.25, 0.3) is 6.08 Å². The molecule has 1 aromatic carbocycles. The summed E-state index contributed by atoms with van der Waals surface area (Å²) in [6.45, 7) is 3.11. The van der Waals surface area contributed by atoms with Crippen LogP contribution in [-0.4, -0.2) is 6.61 Å². The number of hydrogen-bond acceptors (Lipinski definition) is 1. The van der Waals surface area contributed by atoms with Gasteiger partial charge in [-0.25, -0.2) is 0 Å². The van der Waals surface area contributed by atoms with E-state index in [0.717, 1.165) is 18.8 Å². The van der Waals surface area contributed by atoms with Crippen molar-refractivity contribution in [2.45, 2.75) is 12.8 Å². The minimum absolute atomic E-state index is 0.886. The van der Waals surface area contributed by atoms with Gasteiger partial charge >= 0.3 is 0 Å². The fraction of sp³-hybridized carbons (Fsp3) is 0.273. The zero-order valence-electron chi connectivity index (χ0n) is 7.80. The van der Waals surface area contributed by atoms with Gasteiger partial charge in [-0.15, -0.1) is 0 Å². The molecule has 1 aliphatic rings. The minimum Gasteiger partial charge on any atom is -0.493 e. The first kappa shape index (κ1) is 10.7. The third kappa shape index (κ3) is 3.56. The van der Waals surface area contributed by atoms with Crippen LogP contribution in [0.4, 0.5) is 8.78 Å². The molecule has 1 heterocycles. The number of ether oxygens (including phenoxy) is 1. The molecule has 0 fully saturated rings. The maximum atomic E-state index is 10.1. The van der Waals surface area contributed by atoms with E-state index in [9.17, 15) is 8.78 Å². The van der Waals surface area contributed by atoms with Gasteiger partial charge in [-0.3, -0.25) is 0 Å². The van der Waals surface area contributed by atoms with E-state index >= 15 is 0 Å². The molecule has 3 heteroatoms. The molecule has 0 aliphatic carbocycles. The molecule has 0 spiro atoms. The molecule has 0 unspecified atom stereocenters. The normalized spacial score (nSPS) is 13.0. The Kier molecular flexibility index (Phi) is 4.11. The molecule has 2 rings (SSSR count). The second kappa shape index (κ2) is 5.37. The molecule has 1 aromatic rings. The van der Waals surface area contributed by atoms with E-state index in [0.29, 0.717) is 0 Å². The SMILES string of the molecule is C=C(F)F.c1ccc2c(c1)CCCO2. The van der Waals surface area contributed by atoms with Gasteiger partial charge in [-0.05, 0) is 31.1 Å². The summed E-state index contributed by atoms with van der Waals surface area (Å²) < 4.78 is 25.7. The fourth-order valence-corrected chi connectivity index (χ4v) is 1.30. The van der Waals surface area contributed by atoms with Gasteiger partial charge in [0, 0.05) is 0 Å². The summed E-state index contributed by atoms with van der Waals surface area (Å²) in [4.78, 5) is 0. The van der Waals surface area contributed by atoms with Crippen molar-refractivity contribution in [3.8, 4) is 5.75 Å². The topological polar surface area (TPSA) is 9.23 Å². The standard InChI is InChI=1S/C9H10O.C2H2F2/c1-2-6-9-8(4-1)5-3-7-10-9;1-2(3)4/h1-2,4,6H,3,5,7H2;1H2. The van der Waals surface area contributed by atoms with Crippen molar-refractivity contribution < 1.29 is 13.5 Å². The lowest BCUT2D eigenvalue weighted by atomic mass is 10.1. The highest BCUT2D eigenvalue weighted by atomic mass is 19.3. The molecular weight excluding hydrogens is 186 g/mol. The first-order valence-electron chi connectivity index (χ1n) is 4.41. The van der Waals surface area contributed by atoms with E-state index < -0.39 is 6.08 Å². The zero-order chi connectivity index (χ0) is 10.4. The Morgan fingerprint density at radius 1 is 1.29 bits per heavy atom. The molecule has 0 saturated carbocycles. The van der Waals surface area contributed by atoms with Crippen LogP contribution in [0.5, 0.6) is 5.75 Å². The van der Waals surface area contributed by atoms with Crippen LogP contribution in [0.25, 0.3) is 0 Å². The van der Waals surface area contributed by atoms with Crippen molar-refractivity contribution in [1.82, 2.24) is 0 Å². The van der Waals surface area contributed by atoms with Crippen LogP contribution >= 0.6 is 0 Å². The van der Waals surface area contributed by atoms with E-state index in [1.54, 1.807) is 0 Å². The molecule has 0 amide bonds. The van der Waals surface area contributed by atoms with Gasteiger partial charge in [0.05, 0.1) is 6.61 Å². The number of fused-ring (bicyclic) bond motifs is 1. The third-order valence-corrected chi connectivity index (χ3v) is 1.82. The van der Waals surface area contributed by atoms with Crippen molar-refractivity contribution in [3.05, 3.63) is 42.5 Å². The second-order valence-electron chi connectivity index (χ2n) is 2.90. The number of hydrogen-bond donors (Lipinski definition) is 0. The van der Waals surface area contributed by atoms with Gasteiger partial charge in [0.15, 0.2) is 0 Å². The number of rotatable bonds is 0. The van der Waals surface area contributed by atoms with E-state index in [-0.39, 0.29) is 0 Å². The molecule has 0 saturated heterocycles. The van der Waals surface area contributed by atoms with Crippen LogP contribution in [-0.2, 0) is 6.42 Å². The predicted molar refractivity (Wildman–Crippen MR) is 51.6 cm³/mol. The molecule has 0 atom stereocenters. The van der Waals surface area contributed by atoms with E-state index in [1.807, 2.05) is 12.1 Å². The highest BCUT2D eigenvalue weighted by molar-refractivity contribution is 5.34. The van der Waals surface area contributed by atoms with Crippen LogP contribution < -0.4 is 4.74 Å². The molecule has 76 valence electrons. The summed E-state index contributed by atoms with van der Waals surface area (Å²) in [6.07, 6.45) is 0.507. The predicted octanol–water partition coefficient (Wildman–Crippen LogP) is 3.41. The summed E-state index contributed by atoms with van der Waals surface area (Å²) >= 11 is 0. The van der Waals surface area contributed by atoms with Gasteiger partial charge in [0.2, 0.25) is 0 Å².